The molecule has 2 aromatic rings. The summed E-state index contributed by atoms with van der Waals surface area (Å²) in [6, 6.07) is 4.66. The van der Waals surface area contributed by atoms with Gasteiger partial charge < -0.3 is 5.11 Å². The molecule has 1 aromatic carbocycles. The molecule has 0 amide bonds. The Balaban J connectivity index is 2.39. The molecule has 1 heterocycles. The second-order valence-corrected chi connectivity index (χ2v) is 7.54. The topological polar surface area (TPSA) is 79.3 Å². The van der Waals surface area contributed by atoms with Crippen LogP contribution in [0.15, 0.2) is 33.8 Å². The predicted octanol–water partition coefficient (Wildman–Crippen LogP) is 2.51. The molecule has 2 N–H and O–H groups in total. The fraction of sp³-hybridized carbons (Fsp3) is 0.182. The largest absolute Gasteiger partial charge is 0.392 e. The Morgan fingerprint density at radius 1 is 1.47 bits per heavy atom. The minimum absolute atomic E-state index is 0.0758. The standard InChI is InChI=1S/C11H11BrN2O3S2/c1-7-5-13-11(18-7)14-19(16,17)10-4-8(6-15)2-3-9(10)12/h2-5,15H,6H2,1H3,(H,13,14). The third-order valence-corrected chi connectivity index (χ3v) is 5.60. The summed E-state index contributed by atoms with van der Waals surface area (Å²) in [6.45, 7) is 1.63. The molecular weight excluding hydrogens is 352 g/mol. The van der Waals surface area contributed by atoms with E-state index in [-0.39, 0.29) is 11.5 Å². The second kappa shape index (κ2) is 5.58. The molecule has 2 rings (SSSR count). The number of sulfonamides is 1. The zero-order chi connectivity index (χ0) is 14.0. The molecule has 0 saturated carbocycles. The smallest absolute Gasteiger partial charge is 0.264 e. The highest BCUT2D eigenvalue weighted by Gasteiger charge is 2.19. The summed E-state index contributed by atoms with van der Waals surface area (Å²) in [5, 5.41) is 9.39. The molecular formula is C11H11BrN2O3S2. The van der Waals surface area contributed by atoms with Gasteiger partial charge in [0.05, 0.1) is 6.61 Å². The van der Waals surface area contributed by atoms with Crippen LogP contribution in [0, 0.1) is 6.92 Å². The summed E-state index contributed by atoms with van der Waals surface area (Å²) < 4.78 is 27.3. The van der Waals surface area contributed by atoms with Crippen LogP contribution >= 0.6 is 27.3 Å². The van der Waals surface area contributed by atoms with E-state index in [9.17, 15) is 8.42 Å². The molecule has 1 aromatic heterocycles. The predicted molar refractivity (Wildman–Crippen MR) is 77.7 cm³/mol. The SMILES string of the molecule is Cc1cnc(NS(=O)(=O)c2cc(CO)ccc2Br)s1. The van der Waals surface area contributed by atoms with Crippen molar-refractivity contribution in [2.24, 2.45) is 0 Å². The Labute approximate surface area is 123 Å². The lowest BCUT2D eigenvalue weighted by molar-refractivity contribution is 0.281. The van der Waals surface area contributed by atoms with Crippen LogP contribution in [0.5, 0.6) is 0 Å². The number of rotatable bonds is 4. The van der Waals surface area contributed by atoms with Crippen LogP contribution in [0.1, 0.15) is 10.4 Å². The first kappa shape index (κ1) is 14.4. The van der Waals surface area contributed by atoms with Gasteiger partial charge in [-0.1, -0.05) is 6.07 Å². The third kappa shape index (κ3) is 3.33. The first-order chi connectivity index (χ1) is 8.92. The number of thiazole rings is 1. The van der Waals surface area contributed by atoms with Crippen molar-refractivity contribution in [1.82, 2.24) is 4.98 Å². The van der Waals surface area contributed by atoms with E-state index < -0.39 is 10.0 Å². The van der Waals surface area contributed by atoms with Gasteiger partial charge in [0.2, 0.25) is 0 Å². The van der Waals surface area contributed by atoms with Crippen molar-refractivity contribution in [3.8, 4) is 0 Å². The Morgan fingerprint density at radius 3 is 2.79 bits per heavy atom. The number of nitrogens with one attached hydrogen (secondary N) is 1. The van der Waals surface area contributed by atoms with Crippen molar-refractivity contribution in [2.75, 3.05) is 4.72 Å². The number of nitrogens with zero attached hydrogens (tertiary/aromatic N) is 1. The van der Waals surface area contributed by atoms with Crippen LogP contribution in [-0.2, 0) is 16.6 Å². The van der Waals surface area contributed by atoms with Crippen LogP contribution in [0.25, 0.3) is 0 Å². The molecule has 19 heavy (non-hydrogen) atoms. The van der Waals surface area contributed by atoms with E-state index in [1.807, 2.05) is 6.92 Å². The summed E-state index contributed by atoms with van der Waals surface area (Å²) in [6.07, 6.45) is 1.60. The Kier molecular flexibility index (Phi) is 4.24. The molecule has 102 valence electrons. The van der Waals surface area contributed by atoms with Gasteiger partial charge in [-0.05, 0) is 40.5 Å². The van der Waals surface area contributed by atoms with Crippen molar-refractivity contribution in [3.05, 3.63) is 39.3 Å². The normalized spacial score (nSPS) is 11.5. The molecule has 0 fully saturated rings. The number of halogens is 1. The number of benzene rings is 1. The van der Waals surface area contributed by atoms with E-state index in [4.69, 9.17) is 5.11 Å². The number of aliphatic hydroxyl groups excluding tert-OH is 1. The zero-order valence-corrected chi connectivity index (χ0v) is 13.1. The lowest BCUT2D eigenvalue weighted by Crippen LogP contribution is -2.13. The average molecular weight is 363 g/mol. The van der Waals surface area contributed by atoms with Crippen LogP contribution in [0.2, 0.25) is 0 Å². The minimum Gasteiger partial charge on any atom is -0.392 e. The van der Waals surface area contributed by atoms with Crippen molar-refractivity contribution >= 4 is 42.4 Å². The van der Waals surface area contributed by atoms with E-state index in [0.29, 0.717) is 15.2 Å². The summed E-state index contributed by atoms with van der Waals surface area (Å²) >= 11 is 4.46. The zero-order valence-electron chi connectivity index (χ0n) is 9.92. The lowest BCUT2D eigenvalue weighted by atomic mass is 10.2. The molecule has 0 unspecified atom stereocenters. The molecule has 0 aliphatic rings. The first-order valence-electron chi connectivity index (χ1n) is 5.27. The molecule has 0 saturated heterocycles. The summed E-state index contributed by atoms with van der Waals surface area (Å²) in [7, 11) is -3.72. The summed E-state index contributed by atoms with van der Waals surface area (Å²) in [5.41, 5.74) is 0.527. The fourth-order valence-electron chi connectivity index (χ4n) is 1.42. The van der Waals surface area contributed by atoms with E-state index >= 15 is 0 Å². The number of hydrogen-bond donors (Lipinski definition) is 2. The van der Waals surface area contributed by atoms with Gasteiger partial charge in [0.1, 0.15) is 4.90 Å². The molecule has 0 aliphatic heterocycles. The van der Waals surface area contributed by atoms with Gasteiger partial charge in [-0.3, -0.25) is 4.72 Å². The quantitative estimate of drug-likeness (QED) is 0.875. The molecule has 0 atom stereocenters. The molecule has 8 heteroatoms. The van der Waals surface area contributed by atoms with Gasteiger partial charge in [-0.25, -0.2) is 13.4 Å². The lowest BCUT2D eigenvalue weighted by Gasteiger charge is -2.08. The van der Waals surface area contributed by atoms with E-state index in [1.165, 1.54) is 17.4 Å². The van der Waals surface area contributed by atoms with E-state index in [2.05, 4.69) is 25.6 Å². The Bertz CT molecular complexity index is 698. The van der Waals surface area contributed by atoms with E-state index in [0.717, 1.165) is 4.88 Å². The van der Waals surface area contributed by atoms with Crippen molar-refractivity contribution in [2.45, 2.75) is 18.4 Å². The highest BCUT2D eigenvalue weighted by atomic mass is 79.9. The average Bonchev–Trinajstić information content (AvgIpc) is 2.74. The monoisotopic (exact) mass is 362 g/mol. The number of anilines is 1. The second-order valence-electron chi connectivity index (χ2n) is 3.80. The van der Waals surface area contributed by atoms with Gasteiger partial charge in [0, 0.05) is 15.5 Å². The van der Waals surface area contributed by atoms with Crippen LogP contribution in [0.4, 0.5) is 5.13 Å². The maximum absolute atomic E-state index is 12.2. The van der Waals surface area contributed by atoms with Crippen molar-refractivity contribution in [1.29, 1.82) is 0 Å². The molecule has 5 nitrogen and oxygen atoms in total. The Hall–Kier alpha value is -0.960. The maximum Gasteiger partial charge on any atom is 0.264 e. The summed E-state index contributed by atoms with van der Waals surface area (Å²) in [5.74, 6) is 0. The van der Waals surface area contributed by atoms with Gasteiger partial charge in [-0.15, -0.1) is 11.3 Å². The van der Waals surface area contributed by atoms with Gasteiger partial charge in [-0.2, -0.15) is 0 Å². The van der Waals surface area contributed by atoms with Crippen LogP contribution < -0.4 is 4.72 Å². The minimum atomic E-state index is -3.72. The number of aromatic nitrogens is 1. The van der Waals surface area contributed by atoms with Crippen LogP contribution in [0.3, 0.4) is 0 Å². The molecule has 0 aliphatic carbocycles. The fourth-order valence-corrected chi connectivity index (χ4v) is 4.35. The third-order valence-electron chi connectivity index (χ3n) is 2.31. The maximum atomic E-state index is 12.2. The first-order valence-corrected chi connectivity index (χ1v) is 8.36. The number of aliphatic hydroxyl groups is 1. The van der Waals surface area contributed by atoms with Gasteiger partial charge in [0.15, 0.2) is 5.13 Å². The van der Waals surface area contributed by atoms with Gasteiger partial charge >= 0.3 is 0 Å². The Morgan fingerprint density at radius 2 is 2.21 bits per heavy atom. The van der Waals surface area contributed by atoms with E-state index in [1.54, 1.807) is 18.3 Å². The van der Waals surface area contributed by atoms with Crippen molar-refractivity contribution < 1.29 is 13.5 Å². The highest BCUT2D eigenvalue weighted by molar-refractivity contribution is 9.10. The van der Waals surface area contributed by atoms with Crippen LogP contribution in [-0.4, -0.2) is 18.5 Å². The molecule has 0 bridgehead atoms. The number of aryl methyl sites for hydroxylation is 1. The summed E-state index contributed by atoms with van der Waals surface area (Å²) in [4.78, 5) is 4.96. The highest BCUT2D eigenvalue weighted by Crippen LogP contribution is 2.27. The van der Waals surface area contributed by atoms with Crippen molar-refractivity contribution in [3.63, 3.8) is 0 Å². The molecule has 0 radical (unpaired) electrons. The van der Waals surface area contributed by atoms with Gasteiger partial charge in [0.25, 0.3) is 10.0 Å². The number of hydrogen-bond acceptors (Lipinski definition) is 5. The molecule has 0 spiro atoms.